The number of carbonyl (C=O) groups is 2. The molecule has 0 aromatic heterocycles. The maximum absolute atomic E-state index is 12.6. The number of aliphatic imine (C=N–C) groups is 1. The molecule has 1 fully saturated rings. The third kappa shape index (κ3) is 4.54. The Balaban J connectivity index is 1.46. The van der Waals surface area contributed by atoms with Gasteiger partial charge >= 0.3 is 6.03 Å². The lowest BCUT2D eigenvalue weighted by Gasteiger charge is -2.36. The number of rotatable bonds is 8. The highest BCUT2D eigenvalue weighted by atomic mass is 32.2. The number of nitrogens with one attached hydrogen (secondary N) is 1. The summed E-state index contributed by atoms with van der Waals surface area (Å²) >= 11 is 1.55. The number of carbonyl (C=O) groups excluding carboxylic acids is 2. The SMILES string of the molecule is CCCCSC1=NC2C(C(=O)NC(=O)N2C)N1CC(O)COc1cccc2ccccc12. The van der Waals surface area contributed by atoms with Gasteiger partial charge in [-0.15, -0.1) is 0 Å². The van der Waals surface area contributed by atoms with Crippen LogP contribution >= 0.6 is 11.8 Å². The van der Waals surface area contributed by atoms with Gasteiger partial charge in [-0.25, -0.2) is 9.79 Å². The molecule has 0 aliphatic carbocycles. The van der Waals surface area contributed by atoms with Crippen molar-refractivity contribution in [3.8, 4) is 5.75 Å². The fourth-order valence-corrected chi connectivity index (χ4v) is 5.06. The number of amidine groups is 1. The van der Waals surface area contributed by atoms with Gasteiger partial charge in [0.2, 0.25) is 0 Å². The Hall–Kier alpha value is -2.78. The number of fused-ring (bicyclic) bond motifs is 2. The normalized spacial score (nSPS) is 21.4. The molecule has 2 heterocycles. The van der Waals surface area contributed by atoms with Gasteiger partial charge in [0.05, 0.1) is 6.54 Å². The van der Waals surface area contributed by atoms with Gasteiger partial charge < -0.3 is 19.6 Å². The Morgan fingerprint density at radius 2 is 2.00 bits per heavy atom. The summed E-state index contributed by atoms with van der Waals surface area (Å²) in [6, 6.07) is 12.6. The smallest absolute Gasteiger partial charge is 0.325 e. The average molecular weight is 457 g/mol. The third-order valence-corrected chi connectivity index (χ3v) is 6.73. The number of aliphatic hydroxyl groups excluding tert-OH is 1. The molecule has 2 aliphatic rings. The molecule has 3 unspecified atom stereocenters. The van der Waals surface area contributed by atoms with E-state index in [1.54, 1.807) is 23.7 Å². The average Bonchev–Trinajstić information content (AvgIpc) is 3.15. The molecule has 170 valence electrons. The van der Waals surface area contributed by atoms with Gasteiger partial charge in [-0.2, -0.15) is 0 Å². The predicted octanol–water partition coefficient (Wildman–Crippen LogP) is 2.66. The molecule has 9 heteroatoms. The first kappa shape index (κ1) is 22.4. The Labute approximate surface area is 191 Å². The summed E-state index contributed by atoms with van der Waals surface area (Å²) in [7, 11) is 1.63. The molecule has 3 atom stereocenters. The molecule has 0 saturated carbocycles. The van der Waals surface area contributed by atoms with E-state index in [0.717, 1.165) is 29.4 Å². The lowest BCUT2D eigenvalue weighted by Crippen LogP contribution is -2.64. The Bertz CT molecular complexity index is 1020. The predicted molar refractivity (Wildman–Crippen MR) is 126 cm³/mol. The maximum Gasteiger partial charge on any atom is 0.325 e. The molecule has 0 radical (unpaired) electrons. The highest BCUT2D eigenvalue weighted by Gasteiger charge is 2.48. The van der Waals surface area contributed by atoms with Crippen LogP contribution in [-0.2, 0) is 4.79 Å². The van der Waals surface area contributed by atoms with Gasteiger partial charge in [-0.05, 0) is 17.9 Å². The number of imide groups is 1. The first-order valence-corrected chi connectivity index (χ1v) is 11.8. The van der Waals surface area contributed by atoms with Crippen molar-refractivity contribution in [2.75, 3.05) is 26.0 Å². The van der Waals surface area contributed by atoms with E-state index in [1.165, 1.54) is 4.90 Å². The first-order chi connectivity index (χ1) is 15.5. The Morgan fingerprint density at radius 1 is 1.22 bits per heavy atom. The number of ether oxygens (including phenoxy) is 1. The van der Waals surface area contributed by atoms with Gasteiger partial charge in [-0.3, -0.25) is 10.1 Å². The molecule has 2 N–H and O–H groups in total. The third-order valence-electron chi connectivity index (χ3n) is 5.64. The van der Waals surface area contributed by atoms with E-state index < -0.39 is 30.2 Å². The molecular weight excluding hydrogens is 428 g/mol. The van der Waals surface area contributed by atoms with E-state index in [2.05, 4.69) is 17.2 Å². The standard InChI is InChI=1S/C23H28N4O4S/c1-3-4-12-32-23-24-20-19(21(29)25-22(30)26(20)2)27(23)13-16(28)14-31-18-11-7-9-15-8-5-6-10-17(15)18/h5-11,16,19-20,28H,3-4,12-14H2,1-2H3,(H,25,29,30). The molecule has 4 rings (SSSR count). The van der Waals surface area contributed by atoms with Crippen molar-refractivity contribution in [2.45, 2.75) is 38.1 Å². The molecule has 1 saturated heterocycles. The van der Waals surface area contributed by atoms with Crippen molar-refractivity contribution in [3.63, 3.8) is 0 Å². The summed E-state index contributed by atoms with van der Waals surface area (Å²) in [5.74, 6) is 1.16. The van der Waals surface area contributed by atoms with Crippen LogP contribution in [0.4, 0.5) is 4.79 Å². The number of nitrogens with zero attached hydrogens (tertiary/aromatic N) is 3. The zero-order valence-electron chi connectivity index (χ0n) is 18.2. The second kappa shape index (κ2) is 9.79. The minimum Gasteiger partial charge on any atom is -0.490 e. The van der Waals surface area contributed by atoms with Gasteiger partial charge in [-0.1, -0.05) is 61.5 Å². The summed E-state index contributed by atoms with van der Waals surface area (Å²) in [4.78, 5) is 32.6. The molecule has 0 spiro atoms. The number of hydrogen-bond acceptors (Lipinski definition) is 7. The van der Waals surface area contributed by atoms with Gasteiger partial charge in [0.1, 0.15) is 18.5 Å². The first-order valence-electron chi connectivity index (χ1n) is 10.8. The number of hydrogen-bond donors (Lipinski definition) is 2. The van der Waals surface area contributed by atoms with Crippen LogP contribution < -0.4 is 10.1 Å². The molecule has 32 heavy (non-hydrogen) atoms. The fraction of sp³-hybridized carbons (Fsp3) is 0.435. The minimum absolute atomic E-state index is 0.0746. The van der Waals surface area contributed by atoms with Crippen molar-refractivity contribution in [1.29, 1.82) is 0 Å². The second-order valence-corrected chi connectivity index (χ2v) is 9.03. The van der Waals surface area contributed by atoms with E-state index in [9.17, 15) is 14.7 Å². The quantitative estimate of drug-likeness (QED) is 0.593. The summed E-state index contributed by atoms with van der Waals surface area (Å²) < 4.78 is 5.94. The number of amides is 3. The molecule has 0 bridgehead atoms. The van der Waals surface area contributed by atoms with Crippen LogP contribution in [0, 0.1) is 0 Å². The summed E-state index contributed by atoms with van der Waals surface area (Å²) in [6.07, 6.45) is 0.626. The maximum atomic E-state index is 12.6. The Morgan fingerprint density at radius 3 is 2.81 bits per heavy atom. The number of unbranched alkanes of at least 4 members (excludes halogenated alkanes) is 1. The van der Waals surface area contributed by atoms with E-state index in [0.29, 0.717) is 10.9 Å². The zero-order chi connectivity index (χ0) is 22.7. The van der Waals surface area contributed by atoms with Crippen molar-refractivity contribution in [1.82, 2.24) is 15.1 Å². The van der Waals surface area contributed by atoms with Crippen molar-refractivity contribution >= 4 is 39.6 Å². The Kier molecular flexibility index (Phi) is 6.86. The molecule has 2 aromatic carbocycles. The van der Waals surface area contributed by atoms with Crippen LogP contribution in [0.3, 0.4) is 0 Å². The number of thioether (sulfide) groups is 1. The van der Waals surface area contributed by atoms with Crippen molar-refractivity contribution in [3.05, 3.63) is 42.5 Å². The van der Waals surface area contributed by atoms with Crippen LogP contribution in [0.15, 0.2) is 47.5 Å². The molecule has 8 nitrogen and oxygen atoms in total. The second-order valence-electron chi connectivity index (χ2n) is 7.97. The fourth-order valence-electron chi connectivity index (χ4n) is 3.91. The van der Waals surface area contributed by atoms with Crippen LogP contribution in [0.25, 0.3) is 10.8 Å². The number of benzene rings is 2. The number of aliphatic hydroxyl groups is 1. The number of urea groups is 1. The molecule has 3 amide bonds. The summed E-state index contributed by atoms with van der Waals surface area (Å²) in [6.45, 7) is 2.37. The van der Waals surface area contributed by atoms with E-state index in [1.807, 2.05) is 42.5 Å². The van der Waals surface area contributed by atoms with Crippen LogP contribution in [0.1, 0.15) is 19.8 Å². The highest BCUT2D eigenvalue weighted by molar-refractivity contribution is 8.13. The lowest BCUT2D eigenvalue weighted by molar-refractivity contribution is -0.127. The largest absolute Gasteiger partial charge is 0.490 e. The lowest BCUT2D eigenvalue weighted by atomic mass is 10.1. The molecule has 2 aromatic rings. The highest BCUT2D eigenvalue weighted by Crippen LogP contribution is 2.29. The van der Waals surface area contributed by atoms with E-state index >= 15 is 0 Å². The topological polar surface area (TPSA) is 94.5 Å². The number of likely N-dealkylation sites (N-methyl/N-ethyl adjacent to an activating group) is 1. The summed E-state index contributed by atoms with van der Waals surface area (Å²) in [5.41, 5.74) is 0. The van der Waals surface area contributed by atoms with Crippen molar-refractivity contribution < 1.29 is 19.4 Å². The van der Waals surface area contributed by atoms with Gasteiger partial charge in [0.25, 0.3) is 5.91 Å². The molecule has 2 aliphatic heterocycles. The van der Waals surface area contributed by atoms with Crippen LogP contribution in [0.5, 0.6) is 5.75 Å². The summed E-state index contributed by atoms with van der Waals surface area (Å²) in [5, 5.41) is 15.9. The van der Waals surface area contributed by atoms with Crippen molar-refractivity contribution in [2.24, 2.45) is 4.99 Å². The van der Waals surface area contributed by atoms with E-state index in [4.69, 9.17) is 4.74 Å². The molecular formula is C23H28N4O4S. The van der Waals surface area contributed by atoms with Gasteiger partial charge in [0, 0.05) is 18.2 Å². The zero-order valence-corrected chi connectivity index (χ0v) is 19.0. The van der Waals surface area contributed by atoms with E-state index in [-0.39, 0.29) is 13.2 Å². The van der Waals surface area contributed by atoms with Crippen LogP contribution in [-0.4, -0.2) is 76.3 Å². The van der Waals surface area contributed by atoms with Gasteiger partial charge in [0.15, 0.2) is 17.4 Å². The van der Waals surface area contributed by atoms with Crippen LogP contribution in [0.2, 0.25) is 0 Å². The number of β-amino-alcohol motifs (C(OH)–C–C–N with tert-alkyl or cyclic N) is 1. The monoisotopic (exact) mass is 456 g/mol. The minimum atomic E-state index is -0.847.